The summed E-state index contributed by atoms with van der Waals surface area (Å²) >= 11 is 0. The van der Waals surface area contributed by atoms with Crippen LogP contribution >= 0.6 is 0 Å². The lowest BCUT2D eigenvalue weighted by molar-refractivity contribution is -0.385. The number of amides is 1. The van der Waals surface area contributed by atoms with Gasteiger partial charge in [-0.25, -0.2) is 8.42 Å². The molecule has 0 aliphatic heterocycles. The number of benzene rings is 2. The molecule has 2 aromatic rings. The summed E-state index contributed by atoms with van der Waals surface area (Å²) in [7, 11) is -2.30. The zero-order valence-electron chi connectivity index (χ0n) is 16.6. The van der Waals surface area contributed by atoms with Crippen LogP contribution in [0.2, 0.25) is 0 Å². The van der Waals surface area contributed by atoms with Gasteiger partial charge in [0, 0.05) is 6.07 Å². The molecule has 0 fully saturated rings. The maximum atomic E-state index is 12.9. The molecular formula is C19H23N3O6S. The van der Waals surface area contributed by atoms with Crippen molar-refractivity contribution in [1.29, 1.82) is 0 Å². The van der Waals surface area contributed by atoms with Crippen molar-refractivity contribution in [2.75, 3.05) is 23.0 Å². The van der Waals surface area contributed by atoms with E-state index in [0.717, 1.165) is 10.6 Å². The molecule has 2 rings (SSSR count). The van der Waals surface area contributed by atoms with Crippen LogP contribution in [0, 0.1) is 17.0 Å². The van der Waals surface area contributed by atoms with Crippen molar-refractivity contribution in [3.63, 3.8) is 0 Å². The Morgan fingerprint density at radius 2 is 1.86 bits per heavy atom. The molecule has 1 amide bonds. The van der Waals surface area contributed by atoms with Crippen LogP contribution in [-0.4, -0.2) is 38.7 Å². The highest BCUT2D eigenvalue weighted by Crippen LogP contribution is 2.28. The fourth-order valence-corrected chi connectivity index (χ4v) is 4.17. The molecule has 0 saturated heterocycles. The SMILES string of the molecule is CC[C@@H](C(=O)Nc1cccc([N+](=O)[O-])c1C)N(c1ccc(OC)cc1)S(C)(=O)=O. The average Bonchev–Trinajstić information content (AvgIpc) is 2.66. The number of anilines is 2. The van der Waals surface area contributed by atoms with E-state index in [1.807, 2.05) is 0 Å². The molecule has 2 aromatic carbocycles. The highest BCUT2D eigenvalue weighted by molar-refractivity contribution is 7.92. The number of sulfonamides is 1. The topological polar surface area (TPSA) is 119 Å². The summed E-state index contributed by atoms with van der Waals surface area (Å²) in [6, 6.07) is 9.58. The Hall–Kier alpha value is -3.14. The molecular weight excluding hydrogens is 398 g/mol. The fourth-order valence-electron chi connectivity index (χ4n) is 2.96. The van der Waals surface area contributed by atoms with Crippen molar-refractivity contribution < 1.29 is 22.9 Å². The van der Waals surface area contributed by atoms with Crippen LogP contribution < -0.4 is 14.4 Å². The molecule has 0 aliphatic rings. The normalized spacial score (nSPS) is 12.1. The van der Waals surface area contributed by atoms with Crippen LogP contribution in [0.4, 0.5) is 17.1 Å². The van der Waals surface area contributed by atoms with E-state index in [1.165, 1.54) is 32.2 Å². The summed E-state index contributed by atoms with van der Waals surface area (Å²) in [4.78, 5) is 23.5. The molecule has 0 radical (unpaired) electrons. The molecule has 29 heavy (non-hydrogen) atoms. The van der Waals surface area contributed by atoms with Crippen molar-refractivity contribution in [2.24, 2.45) is 0 Å². The van der Waals surface area contributed by atoms with E-state index in [0.29, 0.717) is 11.4 Å². The molecule has 1 N–H and O–H groups in total. The lowest BCUT2D eigenvalue weighted by Crippen LogP contribution is -2.47. The van der Waals surface area contributed by atoms with Gasteiger partial charge in [0.05, 0.1) is 35.2 Å². The zero-order valence-corrected chi connectivity index (χ0v) is 17.4. The van der Waals surface area contributed by atoms with Crippen LogP contribution in [0.15, 0.2) is 42.5 Å². The number of nitro benzene ring substituents is 1. The molecule has 0 heterocycles. The molecule has 0 bridgehead atoms. The highest BCUT2D eigenvalue weighted by Gasteiger charge is 2.32. The maximum Gasteiger partial charge on any atom is 0.274 e. The van der Waals surface area contributed by atoms with Gasteiger partial charge in [0.15, 0.2) is 0 Å². The third-order valence-electron chi connectivity index (χ3n) is 4.42. The van der Waals surface area contributed by atoms with E-state index in [2.05, 4.69) is 5.32 Å². The second kappa shape index (κ2) is 8.91. The van der Waals surface area contributed by atoms with Crippen molar-refractivity contribution in [2.45, 2.75) is 26.3 Å². The maximum absolute atomic E-state index is 12.9. The molecule has 0 aromatic heterocycles. The summed E-state index contributed by atoms with van der Waals surface area (Å²) < 4.78 is 31.1. The Labute approximate surface area is 169 Å². The first-order chi connectivity index (χ1) is 13.6. The van der Waals surface area contributed by atoms with Crippen LogP contribution in [0.1, 0.15) is 18.9 Å². The van der Waals surface area contributed by atoms with E-state index in [1.54, 1.807) is 31.2 Å². The number of nitro groups is 1. The van der Waals surface area contributed by atoms with Gasteiger partial charge in [-0.2, -0.15) is 0 Å². The van der Waals surface area contributed by atoms with Crippen LogP contribution in [0.5, 0.6) is 5.75 Å². The van der Waals surface area contributed by atoms with Gasteiger partial charge < -0.3 is 10.1 Å². The van der Waals surface area contributed by atoms with Crippen molar-refractivity contribution >= 4 is 33.0 Å². The largest absolute Gasteiger partial charge is 0.497 e. The predicted octanol–water partition coefficient (Wildman–Crippen LogP) is 3.10. The Morgan fingerprint density at radius 1 is 1.24 bits per heavy atom. The first-order valence-electron chi connectivity index (χ1n) is 8.78. The molecule has 1 atom stereocenters. The van der Waals surface area contributed by atoms with Gasteiger partial charge in [0.2, 0.25) is 15.9 Å². The lowest BCUT2D eigenvalue weighted by Gasteiger charge is -2.30. The lowest BCUT2D eigenvalue weighted by atomic mass is 10.1. The van der Waals surface area contributed by atoms with Gasteiger partial charge in [-0.3, -0.25) is 19.2 Å². The van der Waals surface area contributed by atoms with Gasteiger partial charge in [0.1, 0.15) is 11.8 Å². The number of nitrogens with one attached hydrogen (secondary N) is 1. The van der Waals surface area contributed by atoms with Crippen LogP contribution in [-0.2, 0) is 14.8 Å². The number of methoxy groups -OCH3 is 1. The van der Waals surface area contributed by atoms with Gasteiger partial charge >= 0.3 is 0 Å². The minimum absolute atomic E-state index is 0.133. The molecule has 9 nitrogen and oxygen atoms in total. The Morgan fingerprint density at radius 3 is 2.34 bits per heavy atom. The van der Waals surface area contributed by atoms with Gasteiger partial charge in [-0.15, -0.1) is 0 Å². The second-order valence-electron chi connectivity index (χ2n) is 6.38. The number of carbonyl (C=O) groups is 1. The van der Waals surface area contributed by atoms with Gasteiger partial charge in [0.25, 0.3) is 5.69 Å². The standard InChI is InChI=1S/C19H23N3O6S/c1-5-17(19(23)20-16-7-6-8-18(13(16)2)22(24)25)21(29(4,26)27)14-9-11-15(28-3)12-10-14/h6-12,17H,5H2,1-4H3,(H,20,23)/t17-/m0/s1. The van der Waals surface area contributed by atoms with Crippen LogP contribution in [0.25, 0.3) is 0 Å². The van der Waals surface area contributed by atoms with E-state index in [9.17, 15) is 23.3 Å². The number of ether oxygens (including phenoxy) is 1. The smallest absolute Gasteiger partial charge is 0.274 e. The number of hydrogen-bond donors (Lipinski definition) is 1. The molecule has 10 heteroatoms. The quantitative estimate of drug-likeness (QED) is 0.517. The van der Waals surface area contributed by atoms with Gasteiger partial charge in [-0.1, -0.05) is 13.0 Å². The van der Waals surface area contributed by atoms with E-state index >= 15 is 0 Å². The van der Waals surface area contributed by atoms with E-state index in [-0.39, 0.29) is 23.4 Å². The minimum atomic E-state index is -3.79. The molecule has 0 spiro atoms. The number of carbonyl (C=O) groups excluding carboxylic acids is 1. The monoisotopic (exact) mass is 421 g/mol. The average molecular weight is 421 g/mol. The Bertz CT molecular complexity index is 1010. The summed E-state index contributed by atoms with van der Waals surface area (Å²) in [6.07, 6.45) is 1.21. The van der Waals surface area contributed by atoms with Gasteiger partial charge in [-0.05, 0) is 43.7 Å². The highest BCUT2D eigenvalue weighted by atomic mass is 32.2. The van der Waals surface area contributed by atoms with Crippen molar-refractivity contribution in [3.8, 4) is 5.75 Å². The minimum Gasteiger partial charge on any atom is -0.497 e. The molecule has 0 aliphatic carbocycles. The van der Waals surface area contributed by atoms with Crippen molar-refractivity contribution in [1.82, 2.24) is 0 Å². The first kappa shape index (κ1) is 22.2. The third-order valence-corrected chi connectivity index (χ3v) is 5.60. The zero-order chi connectivity index (χ0) is 21.8. The summed E-state index contributed by atoms with van der Waals surface area (Å²) in [5.41, 5.74) is 0.721. The van der Waals surface area contributed by atoms with Crippen molar-refractivity contribution in [3.05, 3.63) is 58.1 Å². The number of hydrogen-bond acceptors (Lipinski definition) is 6. The van der Waals surface area contributed by atoms with E-state index in [4.69, 9.17) is 4.74 Å². The van der Waals surface area contributed by atoms with E-state index < -0.39 is 26.9 Å². The summed E-state index contributed by atoms with van der Waals surface area (Å²) in [5.74, 6) is -0.0377. The predicted molar refractivity (Wildman–Crippen MR) is 111 cm³/mol. The Balaban J connectivity index is 2.41. The third kappa shape index (κ3) is 5.02. The number of nitrogens with zero attached hydrogens (tertiary/aromatic N) is 2. The summed E-state index contributed by atoms with van der Waals surface area (Å²) in [6.45, 7) is 3.21. The number of rotatable bonds is 8. The molecule has 0 saturated carbocycles. The Kier molecular flexibility index (Phi) is 6.80. The summed E-state index contributed by atoms with van der Waals surface area (Å²) in [5, 5.41) is 13.7. The second-order valence-corrected chi connectivity index (χ2v) is 8.24. The first-order valence-corrected chi connectivity index (χ1v) is 10.6. The fraction of sp³-hybridized carbons (Fsp3) is 0.316. The molecule has 156 valence electrons. The molecule has 0 unspecified atom stereocenters. The van der Waals surface area contributed by atoms with Crippen LogP contribution in [0.3, 0.4) is 0 Å².